The normalized spacial score (nSPS) is 20.8. The van der Waals surface area contributed by atoms with Gasteiger partial charge in [-0.15, -0.1) is 0 Å². The van der Waals surface area contributed by atoms with E-state index in [9.17, 15) is 0 Å². The average Bonchev–Trinajstić information content (AvgIpc) is 0.734. The first kappa shape index (κ1) is 80.5. The Hall–Kier alpha value is -14.6. The topological polar surface area (TPSA) is 64.5 Å². The summed E-state index contributed by atoms with van der Waals surface area (Å²) in [6, 6.07) is 112. The minimum Gasteiger partial charge on any atom is -0.334 e. The van der Waals surface area contributed by atoms with Crippen LogP contribution in [0, 0.1) is 23.7 Å². The molecule has 8 nitrogen and oxygen atoms in total. The second-order valence-electron chi connectivity index (χ2n) is 37.3. The lowest BCUT2D eigenvalue weighted by Gasteiger charge is -2.51. The van der Waals surface area contributed by atoms with Crippen LogP contribution in [0.2, 0.25) is 0 Å². The van der Waals surface area contributed by atoms with E-state index >= 15 is 0 Å². The Morgan fingerprint density at radius 3 is 1.07 bits per heavy atom. The van der Waals surface area contributed by atoms with E-state index in [1.807, 2.05) is 49.2 Å². The van der Waals surface area contributed by atoms with Gasteiger partial charge in [0.2, 0.25) is 0 Å². The molecule has 0 radical (unpaired) electrons. The summed E-state index contributed by atoms with van der Waals surface area (Å²) in [7, 11) is 0. The van der Waals surface area contributed by atoms with E-state index in [-0.39, 0.29) is 45.8 Å². The zero-order chi connectivity index (χ0) is 86.8. The van der Waals surface area contributed by atoms with Crippen molar-refractivity contribution >= 4 is 89.0 Å². The maximum absolute atomic E-state index is 4.75. The van der Waals surface area contributed by atoms with Crippen molar-refractivity contribution in [1.82, 2.24) is 19.9 Å². The van der Waals surface area contributed by atoms with Gasteiger partial charge in [0.15, 0.2) is 0 Å². The monoisotopic (exact) mass is 1660 g/mol. The average molecular weight is 1660 g/mol. The molecule has 624 valence electrons. The van der Waals surface area contributed by atoms with Gasteiger partial charge >= 0.3 is 0 Å². The predicted molar refractivity (Wildman–Crippen MR) is 537 cm³/mol. The molecule has 4 aliphatic carbocycles. The highest BCUT2D eigenvalue weighted by atomic mass is 15.2. The molecule has 8 atom stereocenters. The molecule has 0 saturated carbocycles. The largest absolute Gasteiger partial charge is 0.334 e. The highest BCUT2D eigenvalue weighted by Crippen LogP contribution is 2.58. The van der Waals surface area contributed by atoms with Crippen molar-refractivity contribution in [3.8, 4) is 44.5 Å². The molecule has 0 saturated heterocycles. The fourth-order valence-corrected chi connectivity index (χ4v) is 22.3. The molecule has 0 fully saturated rings. The number of fused-ring (bicyclic) bond motifs is 12. The molecule has 8 heterocycles. The van der Waals surface area contributed by atoms with Crippen LogP contribution in [0.3, 0.4) is 0 Å². The van der Waals surface area contributed by atoms with Gasteiger partial charge in [0.1, 0.15) is 0 Å². The van der Waals surface area contributed by atoms with Crippen molar-refractivity contribution in [3.63, 3.8) is 0 Å². The van der Waals surface area contributed by atoms with Crippen LogP contribution >= 0.6 is 0 Å². The maximum atomic E-state index is 4.75. The van der Waals surface area contributed by atoms with E-state index in [1.54, 1.807) is 0 Å². The fourth-order valence-electron chi connectivity index (χ4n) is 22.3. The Balaban J connectivity index is 0.000000104. The lowest BCUT2D eigenvalue weighted by Crippen LogP contribution is -2.49. The molecule has 0 N–H and O–H groups in total. The van der Waals surface area contributed by atoms with Gasteiger partial charge < -0.3 is 19.6 Å². The number of pyridine rings is 4. The Morgan fingerprint density at radius 1 is 0.227 bits per heavy atom. The van der Waals surface area contributed by atoms with Gasteiger partial charge in [-0.1, -0.05) is 365 Å². The molecule has 0 bridgehead atoms. The van der Waals surface area contributed by atoms with Gasteiger partial charge in [-0.2, -0.15) is 0 Å². The summed E-state index contributed by atoms with van der Waals surface area (Å²) in [4.78, 5) is 28.4. The molecular weight excluding hydrogens is 1550 g/mol. The number of hydrogen-bond donors (Lipinski definition) is 0. The third-order valence-corrected chi connectivity index (χ3v) is 28.8. The van der Waals surface area contributed by atoms with E-state index in [4.69, 9.17) is 4.98 Å². The van der Waals surface area contributed by atoms with E-state index < -0.39 is 0 Å². The van der Waals surface area contributed by atoms with E-state index in [0.717, 1.165) is 22.1 Å². The predicted octanol–water partition coefficient (Wildman–Crippen LogP) is 29.8. The second-order valence-corrected chi connectivity index (χ2v) is 37.3. The second kappa shape index (κ2) is 33.1. The summed E-state index contributed by atoms with van der Waals surface area (Å²) in [5.74, 6) is 1.59. The molecule has 12 aromatic carbocycles. The van der Waals surface area contributed by atoms with E-state index in [0.29, 0.717) is 23.7 Å². The zero-order valence-electron chi connectivity index (χ0n) is 73.8. The van der Waals surface area contributed by atoms with Crippen LogP contribution in [0.1, 0.15) is 77.6 Å². The Morgan fingerprint density at radius 2 is 0.578 bits per heavy atom. The number of anilines is 8. The summed E-state index contributed by atoms with van der Waals surface area (Å²) >= 11 is 0. The first-order valence-corrected chi connectivity index (χ1v) is 45.3. The number of para-hydroxylation sites is 8. The molecule has 8 heteroatoms. The van der Waals surface area contributed by atoms with Crippen LogP contribution in [0.5, 0.6) is 0 Å². The van der Waals surface area contributed by atoms with Crippen molar-refractivity contribution in [2.75, 3.05) is 19.6 Å². The number of aromatic nitrogens is 4. The molecule has 16 aromatic rings. The lowest BCUT2D eigenvalue weighted by molar-refractivity contribution is 0.332. The smallest absolute Gasteiger partial charge is 0.0708 e. The van der Waals surface area contributed by atoms with Gasteiger partial charge in [0, 0.05) is 166 Å². The van der Waals surface area contributed by atoms with Crippen molar-refractivity contribution in [2.24, 2.45) is 23.7 Å². The molecule has 128 heavy (non-hydrogen) atoms. The van der Waals surface area contributed by atoms with Crippen molar-refractivity contribution in [3.05, 3.63) is 460 Å². The summed E-state index contributed by atoms with van der Waals surface area (Å²) in [6.45, 7) is 19.0. The highest BCUT2D eigenvalue weighted by molar-refractivity contribution is 6.02. The van der Waals surface area contributed by atoms with Crippen LogP contribution < -0.4 is 19.6 Å². The number of benzene rings is 12. The molecule has 24 rings (SSSR count). The summed E-state index contributed by atoms with van der Waals surface area (Å²) in [6.07, 6.45) is 46.2. The molecule has 8 aliphatic rings. The maximum Gasteiger partial charge on any atom is 0.0708 e. The zero-order valence-corrected chi connectivity index (χ0v) is 73.8. The minimum atomic E-state index is 0.0529. The van der Waals surface area contributed by atoms with Crippen LogP contribution in [-0.2, 0) is 21.7 Å². The van der Waals surface area contributed by atoms with Crippen molar-refractivity contribution in [1.29, 1.82) is 0 Å². The number of nitrogens with zero attached hydrogens (tertiary/aromatic N) is 8. The van der Waals surface area contributed by atoms with Gasteiger partial charge in [0.05, 0.1) is 40.7 Å². The van der Waals surface area contributed by atoms with Gasteiger partial charge in [-0.3, -0.25) is 19.9 Å². The first-order chi connectivity index (χ1) is 62.6. The summed E-state index contributed by atoms with van der Waals surface area (Å²) in [5, 5.41) is 5.93. The molecule has 0 spiro atoms. The Kier molecular flexibility index (Phi) is 20.8. The lowest BCUT2D eigenvalue weighted by atomic mass is 9.65. The van der Waals surface area contributed by atoms with Crippen LogP contribution in [0.4, 0.5) is 45.5 Å². The van der Waals surface area contributed by atoms with Gasteiger partial charge in [-0.25, -0.2) is 0 Å². The van der Waals surface area contributed by atoms with Gasteiger partial charge in [0.25, 0.3) is 0 Å². The summed E-state index contributed by atoms with van der Waals surface area (Å²) < 4.78 is 0. The van der Waals surface area contributed by atoms with E-state index in [2.05, 4.69) is 478 Å². The fraction of sp³-hybridized carbons (Fsp3) is 0.167. The number of hydrogen-bond acceptors (Lipinski definition) is 8. The van der Waals surface area contributed by atoms with Crippen molar-refractivity contribution in [2.45, 2.75) is 101 Å². The first-order valence-electron chi connectivity index (χ1n) is 45.3. The molecule has 8 unspecified atom stereocenters. The van der Waals surface area contributed by atoms with Gasteiger partial charge in [-0.05, 0) is 147 Å². The standard InChI is InChI=1S/4C30H26N2/c1-30(2)24-13-5-9-17-28(24)32(29-18-10-6-14-25(29)30)27-16-8-4-12-23(27)22-19-21-11-3-7-15-26(21)31-20-22;1-30(2)24-14-4-7-18-28(24)32(29-19-8-5-15-25(29)30)27-17-6-3-11-23(27)21-12-9-16-26-22(21)13-10-20-31-26;1-30(2)25-13-4-7-16-28(25)32(29-17-8-5-14-26(29)30)27-15-6-3-11-24(27)23-12-9-10-21-20-31-19-18-22(21)23;1-30(2)25-14-3-5-17-28(25)32(29-18-6-4-15-26(29)30)22-11-7-10-21(20-22)23-12-8-16-27-24(23)13-9-19-31-27/h2*3-20,24,28H,1-2H3;2*3-20,25,28H,1-2H3. The molecule has 4 aliphatic heterocycles. The Bertz CT molecular complexity index is 6990. The number of allylic oxidation sites excluding steroid dienone is 8. The quantitative estimate of drug-likeness (QED) is 0.149. The Labute approximate surface area is 752 Å². The number of rotatable bonds is 8. The molecular formula is C120H104N8. The van der Waals surface area contributed by atoms with Crippen LogP contribution in [-0.4, -0.2) is 44.1 Å². The summed E-state index contributed by atoms with van der Waals surface area (Å²) in [5.41, 5.74) is 28.8. The highest BCUT2D eigenvalue weighted by Gasteiger charge is 2.50. The third-order valence-electron chi connectivity index (χ3n) is 28.8. The van der Waals surface area contributed by atoms with Crippen LogP contribution in [0.15, 0.2) is 438 Å². The minimum absolute atomic E-state index is 0.0529. The van der Waals surface area contributed by atoms with Crippen molar-refractivity contribution < 1.29 is 0 Å². The van der Waals surface area contributed by atoms with E-state index in [1.165, 1.54) is 134 Å². The molecule has 0 amide bonds. The molecule has 4 aromatic heterocycles. The third kappa shape index (κ3) is 14.0. The van der Waals surface area contributed by atoms with Crippen LogP contribution in [0.25, 0.3) is 88.0 Å². The SMILES string of the molecule is CC1(C)c2ccccc2N(c2cccc(-c3cccc4ncccc34)c2)C2C=CC=CC21.CC1(C)c2ccccc2N(c2ccccc2-c2cccc3cnccc23)C2C=CC=CC21.CC1(C)c2ccccc2N(c2ccccc2-c2cccc3ncccc23)C2C=CC=CC21.CC1(C)c2ccccc2N(c2ccccc2-c2cnc3ccccc3c2)C2C=CC=CC21.